The van der Waals surface area contributed by atoms with Gasteiger partial charge in [-0.05, 0) is 32.8 Å². The molecule has 2 aromatic heterocycles. The van der Waals surface area contributed by atoms with Crippen molar-refractivity contribution in [1.29, 1.82) is 0 Å². The van der Waals surface area contributed by atoms with E-state index in [1.807, 2.05) is 5.92 Å². The minimum atomic E-state index is -4.57. The van der Waals surface area contributed by atoms with Crippen LogP contribution < -0.4 is 0 Å². The molecule has 38 heavy (non-hydrogen) atoms. The van der Waals surface area contributed by atoms with Crippen LogP contribution in [-0.2, 0) is 22.4 Å². The molecule has 4 rings (SSSR count). The van der Waals surface area contributed by atoms with Gasteiger partial charge in [-0.1, -0.05) is 11.1 Å². The van der Waals surface area contributed by atoms with Crippen LogP contribution in [0.5, 0.6) is 0 Å². The molecule has 0 radical (unpaired) electrons. The monoisotopic (exact) mass is 553 g/mol. The number of halogens is 5. The Balaban J connectivity index is 1.33. The first-order chi connectivity index (χ1) is 18.0. The number of rotatable bonds is 6. The molecule has 13 heteroatoms. The smallest absolute Gasteiger partial charge is 0.387 e. The van der Waals surface area contributed by atoms with Crippen molar-refractivity contribution >= 4 is 23.0 Å². The van der Waals surface area contributed by atoms with Crippen molar-refractivity contribution in [3.8, 4) is 12.3 Å². The lowest BCUT2D eigenvalue weighted by atomic mass is 9.97. The number of piperidine rings is 1. The molecule has 0 N–H and O–H groups in total. The number of oxime groups is 1. The zero-order valence-corrected chi connectivity index (χ0v) is 21.4. The van der Waals surface area contributed by atoms with Gasteiger partial charge in [-0.25, -0.2) is 13.8 Å². The summed E-state index contributed by atoms with van der Waals surface area (Å²) in [7, 11) is 0. The van der Waals surface area contributed by atoms with Crippen LogP contribution in [0.15, 0.2) is 39.9 Å². The van der Waals surface area contributed by atoms with Crippen LogP contribution in [0.4, 0.5) is 22.0 Å². The number of likely N-dealkylation sites (tertiary alicyclic amines) is 1. The third-order valence-electron chi connectivity index (χ3n) is 6.40. The maximum atomic E-state index is 14.2. The Morgan fingerprint density at radius 3 is 2.63 bits per heavy atom. The second-order valence-corrected chi connectivity index (χ2v) is 9.88. The molecule has 4 heterocycles. The molecule has 1 saturated heterocycles. The number of aryl methyl sites for hydroxylation is 1. The van der Waals surface area contributed by atoms with Gasteiger partial charge in [0, 0.05) is 42.6 Å². The number of nitrogens with zero attached hydrogens (tertiary/aromatic N) is 5. The van der Waals surface area contributed by atoms with Gasteiger partial charge < -0.3 is 9.74 Å². The van der Waals surface area contributed by atoms with E-state index in [4.69, 9.17) is 11.3 Å². The Bertz CT molecular complexity index is 1340. The third kappa shape index (κ3) is 5.96. The molecular weight excluding hydrogens is 529 g/mol. The fraction of sp³-hybridized carbons (Fsp3) is 0.440. The number of carbonyl (C=O) groups excluding carboxylic acids is 1. The van der Waals surface area contributed by atoms with Gasteiger partial charge in [0.05, 0.1) is 16.3 Å². The number of allylic oxidation sites excluding steroid dienone is 2. The van der Waals surface area contributed by atoms with Crippen LogP contribution in [0.25, 0.3) is 0 Å². The molecule has 2 aliphatic rings. The van der Waals surface area contributed by atoms with Gasteiger partial charge in [-0.2, -0.15) is 18.3 Å². The average Bonchev–Trinajstić information content (AvgIpc) is 3.59. The van der Waals surface area contributed by atoms with Crippen molar-refractivity contribution in [3.63, 3.8) is 0 Å². The van der Waals surface area contributed by atoms with Crippen molar-refractivity contribution < 1.29 is 31.6 Å². The Morgan fingerprint density at radius 1 is 1.32 bits per heavy atom. The zero-order valence-electron chi connectivity index (χ0n) is 20.6. The molecule has 0 aliphatic carbocycles. The maximum absolute atomic E-state index is 14.2. The van der Waals surface area contributed by atoms with E-state index in [1.165, 1.54) is 18.3 Å². The molecular formula is C25H24F5N5O2S. The predicted molar refractivity (Wildman–Crippen MR) is 130 cm³/mol. The van der Waals surface area contributed by atoms with E-state index in [1.54, 1.807) is 10.3 Å². The number of terminal acetylenes is 1. The molecule has 7 nitrogen and oxygen atoms in total. The summed E-state index contributed by atoms with van der Waals surface area (Å²) in [6, 6.07) is 0.919. The highest BCUT2D eigenvalue weighted by Gasteiger charge is 2.35. The Morgan fingerprint density at radius 2 is 2.03 bits per heavy atom. The first-order valence-electron chi connectivity index (χ1n) is 11.7. The van der Waals surface area contributed by atoms with Crippen LogP contribution in [0, 0.1) is 19.3 Å². The summed E-state index contributed by atoms with van der Waals surface area (Å²) < 4.78 is 67.9. The van der Waals surface area contributed by atoms with Gasteiger partial charge in [0.25, 0.3) is 0 Å². The molecule has 2 aromatic rings. The number of amides is 1. The minimum Gasteiger partial charge on any atom is -0.387 e. The SMILES string of the molecule is C#C/C=C(F)\C(=C(/C)F)C1CC(c2csc(C3CCN(C(=O)Cn4nc(C(F)(F)F)cc4C)CC3)n2)=NO1. The Hall–Kier alpha value is -3.53. The number of hydrogen-bond donors (Lipinski definition) is 0. The second kappa shape index (κ2) is 11.1. The quantitative estimate of drug-likeness (QED) is 0.277. The molecule has 1 amide bonds. The van der Waals surface area contributed by atoms with Crippen LogP contribution >= 0.6 is 11.3 Å². The lowest BCUT2D eigenvalue weighted by molar-refractivity contribution is -0.142. The molecule has 0 spiro atoms. The predicted octanol–water partition coefficient (Wildman–Crippen LogP) is 5.30. The summed E-state index contributed by atoms with van der Waals surface area (Å²) in [5.41, 5.74) is -0.0286. The van der Waals surface area contributed by atoms with E-state index < -0.39 is 29.6 Å². The first kappa shape index (κ1) is 27.5. The van der Waals surface area contributed by atoms with Gasteiger partial charge in [0.1, 0.15) is 23.9 Å². The van der Waals surface area contributed by atoms with Crippen LogP contribution in [-0.4, -0.2) is 50.5 Å². The van der Waals surface area contributed by atoms with Gasteiger partial charge in [0.2, 0.25) is 5.91 Å². The zero-order chi connectivity index (χ0) is 27.6. The largest absolute Gasteiger partial charge is 0.435 e. The Kier molecular flexibility index (Phi) is 8.01. The van der Waals surface area contributed by atoms with Gasteiger partial charge in [-0.3, -0.25) is 9.48 Å². The van der Waals surface area contributed by atoms with Crippen LogP contribution in [0.3, 0.4) is 0 Å². The van der Waals surface area contributed by atoms with Gasteiger partial charge >= 0.3 is 6.18 Å². The first-order valence-corrected chi connectivity index (χ1v) is 12.6. The lowest BCUT2D eigenvalue weighted by Gasteiger charge is -2.31. The van der Waals surface area contributed by atoms with E-state index in [0.717, 1.165) is 28.8 Å². The summed E-state index contributed by atoms with van der Waals surface area (Å²) in [6.45, 7) is 3.20. The standard InChI is InChI=1S/C25H24F5N5O2S/c1-4-5-17(27)23(15(3)26)20-11-18(33-37-20)19-13-38-24(31-19)16-6-8-34(9-7-16)22(36)12-35-14(2)10-21(32-35)25(28,29)30/h1,5,10,13,16,20H,6-9,11-12H2,2-3H3/b17-5+,23-15-. The van der Waals surface area contributed by atoms with Gasteiger partial charge in [0.15, 0.2) is 11.8 Å². The van der Waals surface area contributed by atoms with Crippen LogP contribution in [0.1, 0.15) is 54.2 Å². The summed E-state index contributed by atoms with van der Waals surface area (Å²) in [5, 5.41) is 10.1. The van der Waals surface area contributed by atoms with E-state index in [2.05, 4.69) is 15.2 Å². The number of hydrogen-bond acceptors (Lipinski definition) is 6. The number of alkyl halides is 3. The van der Waals surface area contributed by atoms with E-state index >= 15 is 0 Å². The Labute approximate surface area is 219 Å². The van der Waals surface area contributed by atoms with Crippen molar-refractivity contribution in [2.45, 2.75) is 57.9 Å². The molecule has 2 aliphatic heterocycles. The summed E-state index contributed by atoms with van der Waals surface area (Å²) in [4.78, 5) is 24.2. The molecule has 1 unspecified atom stereocenters. The summed E-state index contributed by atoms with van der Waals surface area (Å²) in [6.07, 6.45) is 1.78. The molecule has 202 valence electrons. The molecule has 0 bridgehead atoms. The fourth-order valence-electron chi connectivity index (χ4n) is 4.39. The third-order valence-corrected chi connectivity index (χ3v) is 7.41. The lowest BCUT2D eigenvalue weighted by Crippen LogP contribution is -2.40. The van der Waals surface area contributed by atoms with Crippen molar-refractivity contribution in [2.75, 3.05) is 13.1 Å². The van der Waals surface area contributed by atoms with E-state index in [-0.39, 0.29) is 36.1 Å². The number of carbonyl (C=O) groups is 1. The van der Waals surface area contributed by atoms with E-state index in [9.17, 15) is 26.7 Å². The fourth-order valence-corrected chi connectivity index (χ4v) is 5.40. The molecule has 1 fully saturated rings. The van der Waals surface area contributed by atoms with Crippen molar-refractivity contribution in [2.24, 2.45) is 5.16 Å². The highest BCUT2D eigenvalue weighted by Crippen LogP contribution is 2.34. The van der Waals surface area contributed by atoms with Crippen LogP contribution in [0.2, 0.25) is 0 Å². The van der Waals surface area contributed by atoms with Crippen molar-refractivity contribution in [3.05, 3.63) is 56.8 Å². The van der Waals surface area contributed by atoms with Crippen molar-refractivity contribution in [1.82, 2.24) is 19.7 Å². The highest BCUT2D eigenvalue weighted by molar-refractivity contribution is 7.10. The van der Waals surface area contributed by atoms with E-state index in [0.29, 0.717) is 37.3 Å². The number of aromatic nitrogens is 3. The normalized spacial score (nSPS) is 19.6. The number of thiazole rings is 1. The molecule has 0 aromatic carbocycles. The molecule has 1 atom stereocenters. The summed E-state index contributed by atoms with van der Waals surface area (Å²) in [5.74, 6) is 0.168. The maximum Gasteiger partial charge on any atom is 0.435 e. The summed E-state index contributed by atoms with van der Waals surface area (Å²) >= 11 is 1.42. The minimum absolute atomic E-state index is 0.0827. The average molecular weight is 554 g/mol. The second-order valence-electron chi connectivity index (χ2n) is 8.99. The molecule has 0 saturated carbocycles. The topological polar surface area (TPSA) is 72.6 Å². The highest BCUT2D eigenvalue weighted by atomic mass is 32.1. The van der Waals surface area contributed by atoms with Gasteiger partial charge in [-0.15, -0.1) is 17.8 Å².